The second kappa shape index (κ2) is 12.1. The predicted octanol–water partition coefficient (Wildman–Crippen LogP) is 5.13. The van der Waals surface area contributed by atoms with Gasteiger partial charge in [-0.3, -0.25) is 9.88 Å². The molecule has 3 aromatic rings. The van der Waals surface area contributed by atoms with E-state index in [1.165, 1.54) is 6.20 Å². The fourth-order valence-corrected chi connectivity index (χ4v) is 8.18. The molecule has 1 fully saturated rings. The summed E-state index contributed by atoms with van der Waals surface area (Å²) in [6.07, 6.45) is 2.40. The van der Waals surface area contributed by atoms with Crippen molar-refractivity contribution in [2.75, 3.05) is 78.5 Å². The van der Waals surface area contributed by atoms with Gasteiger partial charge in [-0.2, -0.15) is 0 Å². The third kappa shape index (κ3) is 7.01. The van der Waals surface area contributed by atoms with Crippen LogP contribution >= 0.6 is 14.3 Å². The fourth-order valence-electron chi connectivity index (χ4n) is 4.61. The number of rotatable bonds is 10. The summed E-state index contributed by atoms with van der Waals surface area (Å²) >= 11 is 0. The molecular weight excluding hydrogens is 534 g/mol. The lowest BCUT2D eigenvalue weighted by molar-refractivity contribution is 0.0357. The van der Waals surface area contributed by atoms with Crippen molar-refractivity contribution >= 4 is 52.9 Å². The molecule has 4 rings (SSSR count). The molecule has 0 unspecified atom stereocenters. The Bertz CT molecular complexity index is 1490. The molecule has 0 aliphatic carbocycles. The van der Waals surface area contributed by atoms with E-state index in [4.69, 9.17) is 20.8 Å². The van der Waals surface area contributed by atoms with Crippen molar-refractivity contribution < 1.29 is 23.3 Å². The quantitative estimate of drug-likeness (QED) is 0.204. The molecular formula is C28H36N4O5P2. The molecule has 2 aromatic carbocycles. The Balaban J connectivity index is 1.64. The largest absolute Gasteiger partial charge is 0.493 e. The monoisotopic (exact) mass is 570 g/mol. The van der Waals surface area contributed by atoms with E-state index in [9.17, 15) is 9.13 Å². The second-order valence-electron chi connectivity index (χ2n) is 10.3. The summed E-state index contributed by atoms with van der Waals surface area (Å²) in [5.74, 6) is 1.13. The maximum atomic E-state index is 13.1. The van der Waals surface area contributed by atoms with Gasteiger partial charge in [-0.15, -0.1) is 0 Å². The molecule has 2 heterocycles. The first-order valence-electron chi connectivity index (χ1n) is 12.8. The van der Waals surface area contributed by atoms with E-state index in [-0.39, 0.29) is 0 Å². The molecule has 1 N–H and O–H groups in total. The predicted molar refractivity (Wildman–Crippen MR) is 160 cm³/mol. The lowest BCUT2D eigenvalue weighted by Gasteiger charge is -2.26. The standard InChI is InChI=1S/C28H36N4O5P2/c1-29-23-19-30-22-18-25(37-13-7-10-32-11-14-36-15-12-32)24(35-2)17-21(22)28(23)31-20-8-9-26(38(3,4)33)27(16-20)39(5,6)34/h8-9,16-19H,7,10-15H2,2-6H3,(H,30,31). The van der Waals surface area contributed by atoms with Gasteiger partial charge < -0.3 is 28.7 Å². The summed E-state index contributed by atoms with van der Waals surface area (Å²) in [4.78, 5) is 10.5. The molecule has 208 valence electrons. The van der Waals surface area contributed by atoms with Crippen LogP contribution in [0.4, 0.5) is 17.1 Å². The zero-order valence-electron chi connectivity index (χ0n) is 23.2. The van der Waals surface area contributed by atoms with Gasteiger partial charge in [-0.25, -0.2) is 4.85 Å². The molecule has 0 amide bonds. The van der Waals surface area contributed by atoms with Crippen LogP contribution < -0.4 is 25.4 Å². The highest BCUT2D eigenvalue weighted by Gasteiger charge is 2.24. The highest BCUT2D eigenvalue weighted by atomic mass is 31.2. The van der Waals surface area contributed by atoms with E-state index < -0.39 is 14.3 Å². The van der Waals surface area contributed by atoms with Crippen molar-refractivity contribution in [3.05, 3.63) is 47.9 Å². The van der Waals surface area contributed by atoms with Crippen molar-refractivity contribution in [2.24, 2.45) is 0 Å². The third-order valence-electron chi connectivity index (χ3n) is 6.64. The number of fused-ring (bicyclic) bond motifs is 1. The number of morpholine rings is 1. The molecule has 11 heteroatoms. The van der Waals surface area contributed by atoms with Gasteiger partial charge >= 0.3 is 0 Å². The van der Waals surface area contributed by atoms with E-state index in [0.29, 0.717) is 56.7 Å². The van der Waals surface area contributed by atoms with Gasteiger partial charge in [0.2, 0.25) is 5.69 Å². The SMILES string of the molecule is [C-]#[N+]c1cnc2cc(OCCCN3CCOCC3)c(OC)cc2c1Nc1ccc(P(C)(C)=O)c(P(C)(C)=O)c1. The first kappa shape index (κ1) is 29.1. The van der Waals surface area contributed by atoms with Crippen LogP contribution in [0.25, 0.3) is 15.7 Å². The maximum absolute atomic E-state index is 13.1. The van der Waals surface area contributed by atoms with E-state index in [2.05, 4.69) is 20.0 Å². The number of anilines is 2. The number of aromatic nitrogens is 1. The summed E-state index contributed by atoms with van der Waals surface area (Å²) in [5.41, 5.74) is 2.19. The normalized spacial score (nSPS) is 14.7. The zero-order chi connectivity index (χ0) is 28.2. The maximum Gasteiger partial charge on any atom is 0.228 e. The van der Waals surface area contributed by atoms with Crippen LogP contribution in [0.2, 0.25) is 0 Å². The van der Waals surface area contributed by atoms with Crippen LogP contribution in [-0.4, -0.2) is 83.1 Å². The molecule has 39 heavy (non-hydrogen) atoms. The van der Waals surface area contributed by atoms with Crippen LogP contribution in [0, 0.1) is 6.57 Å². The Morgan fingerprint density at radius 3 is 2.41 bits per heavy atom. The summed E-state index contributed by atoms with van der Waals surface area (Å²) in [5, 5.41) is 5.23. The fraction of sp³-hybridized carbons (Fsp3) is 0.429. The highest BCUT2D eigenvalue weighted by molar-refractivity contribution is 7.76. The van der Waals surface area contributed by atoms with Crippen LogP contribution in [-0.2, 0) is 13.9 Å². The number of nitrogens with zero attached hydrogens (tertiary/aromatic N) is 3. The average molecular weight is 571 g/mol. The van der Waals surface area contributed by atoms with E-state index in [1.807, 2.05) is 12.1 Å². The molecule has 1 aliphatic heterocycles. The summed E-state index contributed by atoms with van der Waals surface area (Å²) < 4.78 is 43.1. The van der Waals surface area contributed by atoms with Crippen molar-refractivity contribution in [1.82, 2.24) is 9.88 Å². The van der Waals surface area contributed by atoms with Gasteiger partial charge in [0.05, 0.1) is 44.7 Å². The van der Waals surface area contributed by atoms with Gasteiger partial charge in [-0.1, -0.05) is 0 Å². The molecule has 1 saturated heterocycles. The number of ether oxygens (including phenoxy) is 3. The summed E-state index contributed by atoms with van der Waals surface area (Å²) in [6.45, 7) is 19.3. The zero-order valence-corrected chi connectivity index (χ0v) is 25.0. The van der Waals surface area contributed by atoms with Gasteiger partial charge in [0, 0.05) is 53.6 Å². The lowest BCUT2D eigenvalue weighted by Crippen LogP contribution is -2.37. The number of methoxy groups -OCH3 is 1. The van der Waals surface area contributed by atoms with Gasteiger partial charge in [0.1, 0.15) is 14.3 Å². The number of nitrogens with one attached hydrogen (secondary N) is 1. The molecule has 0 spiro atoms. The first-order chi connectivity index (χ1) is 18.5. The Kier molecular flexibility index (Phi) is 9.03. The topological polar surface area (TPSA) is 94.3 Å². The van der Waals surface area contributed by atoms with Crippen molar-refractivity contribution in [2.45, 2.75) is 6.42 Å². The minimum atomic E-state index is -2.72. The van der Waals surface area contributed by atoms with Crippen molar-refractivity contribution in [1.29, 1.82) is 0 Å². The van der Waals surface area contributed by atoms with E-state index in [1.54, 1.807) is 52.0 Å². The van der Waals surface area contributed by atoms with E-state index in [0.717, 1.165) is 39.3 Å². The van der Waals surface area contributed by atoms with Crippen LogP contribution in [0.1, 0.15) is 6.42 Å². The van der Waals surface area contributed by atoms with Crippen LogP contribution in [0.3, 0.4) is 0 Å². The third-order valence-corrected chi connectivity index (χ3v) is 9.90. The average Bonchev–Trinajstić information content (AvgIpc) is 2.90. The lowest BCUT2D eigenvalue weighted by atomic mass is 10.1. The molecule has 0 bridgehead atoms. The minimum Gasteiger partial charge on any atom is -0.493 e. The molecule has 0 saturated carbocycles. The van der Waals surface area contributed by atoms with Crippen LogP contribution in [0.15, 0.2) is 36.5 Å². The van der Waals surface area contributed by atoms with Crippen LogP contribution in [0.5, 0.6) is 11.5 Å². The Hall–Kier alpha value is -2.88. The van der Waals surface area contributed by atoms with Gasteiger partial charge in [-0.05, 0) is 57.3 Å². The van der Waals surface area contributed by atoms with E-state index >= 15 is 0 Å². The Morgan fingerprint density at radius 2 is 1.77 bits per heavy atom. The molecule has 9 nitrogen and oxygen atoms in total. The number of hydrogen-bond acceptors (Lipinski definition) is 8. The Morgan fingerprint density at radius 1 is 1.05 bits per heavy atom. The van der Waals surface area contributed by atoms with Crippen molar-refractivity contribution in [3.63, 3.8) is 0 Å². The minimum absolute atomic E-state index is 0.335. The highest BCUT2D eigenvalue weighted by Crippen LogP contribution is 2.44. The second-order valence-corrected chi connectivity index (χ2v) is 16.7. The van der Waals surface area contributed by atoms with Gasteiger partial charge in [0.15, 0.2) is 11.5 Å². The number of hydrogen-bond donors (Lipinski definition) is 1. The molecule has 1 aromatic heterocycles. The van der Waals surface area contributed by atoms with Gasteiger partial charge in [0.25, 0.3) is 0 Å². The molecule has 0 radical (unpaired) electrons. The summed E-state index contributed by atoms with van der Waals surface area (Å²) in [6, 6.07) is 8.99. The van der Waals surface area contributed by atoms with Crippen molar-refractivity contribution in [3.8, 4) is 11.5 Å². The Labute approximate surface area is 230 Å². The smallest absolute Gasteiger partial charge is 0.228 e. The molecule has 0 atom stereocenters. The summed E-state index contributed by atoms with van der Waals surface area (Å²) in [7, 11) is -3.78. The molecule has 1 aliphatic rings. The first-order valence-corrected chi connectivity index (χ1v) is 18.0. The number of benzene rings is 2. The number of pyridine rings is 1.